The first kappa shape index (κ1) is 14.9. The number of methoxy groups -OCH3 is 1. The molecule has 2 rings (SSSR count). The zero-order chi connectivity index (χ0) is 14.5. The summed E-state index contributed by atoms with van der Waals surface area (Å²) < 4.78 is 18.3. The maximum Gasteiger partial charge on any atom is 0.488 e. The molecular weight excluding hydrogens is 278 g/mol. The molecule has 0 heterocycles. The van der Waals surface area contributed by atoms with Crippen molar-refractivity contribution in [2.75, 3.05) is 7.11 Å². The molecule has 0 atom stereocenters. The molecule has 0 saturated carbocycles. The van der Waals surface area contributed by atoms with Crippen LogP contribution in [0.15, 0.2) is 47.4 Å². The van der Waals surface area contributed by atoms with Gasteiger partial charge in [-0.05, 0) is 29.7 Å². The summed E-state index contributed by atoms with van der Waals surface area (Å²) in [6, 6.07) is 11.3. The molecule has 0 aliphatic heterocycles. The number of rotatable bonds is 5. The lowest BCUT2D eigenvalue weighted by Crippen LogP contribution is -2.30. The van der Waals surface area contributed by atoms with Crippen LogP contribution < -0.4 is 10.2 Å². The summed E-state index contributed by atoms with van der Waals surface area (Å²) in [6.07, 6.45) is 0. The first-order valence-electron chi connectivity index (χ1n) is 6.01. The van der Waals surface area contributed by atoms with E-state index in [0.29, 0.717) is 17.0 Å². The van der Waals surface area contributed by atoms with Gasteiger partial charge in [-0.25, -0.2) is 4.39 Å². The normalized spacial score (nSPS) is 10.4. The number of hydrogen-bond donors (Lipinski definition) is 2. The van der Waals surface area contributed by atoms with Crippen molar-refractivity contribution in [2.45, 2.75) is 10.6 Å². The van der Waals surface area contributed by atoms with E-state index < -0.39 is 7.12 Å². The molecule has 0 fully saturated rings. The van der Waals surface area contributed by atoms with Gasteiger partial charge in [0.2, 0.25) is 0 Å². The lowest BCUT2D eigenvalue weighted by Gasteiger charge is -2.10. The predicted octanol–water partition coefficient (Wildman–Crippen LogP) is 1.81. The number of halogens is 1. The van der Waals surface area contributed by atoms with Crippen molar-refractivity contribution < 1.29 is 19.2 Å². The zero-order valence-corrected chi connectivity index (χ0v) is 11.7. The standard InChI is InChI=1S/C14H14BFO3S/c1-19-14-6-5-11(15(17)18)7-10(14)9-20-13-4-2-3-12(16)8-13/h2-8,17-18H,9H2,1H3. The second kappa shape index (κ2) is 6.79. The Balaban J connectivity index is 2.17. The highest BCUT2D eigenvalue weighted by atomic mass is 32.2. The lowest BCUT2D eigenvalue weighted by atomic mass is 9.79. The molecule has 0 aliphatic rings. The van der Waals surface area contributed by atoms with Crippen LogP contribution in [0.3, 0.4) is 0 Å². The van der Waals surface area contributed by atoms with Crippen molar-refractivity contribution >= 4 is 24.3 Å². The molecule has 104 valence electrons. The van der Waals surface area contributed by atoms with Gasteiger partial charge in [-0.3, -0.25) is 0 Å². The van der Waals surface area contributed by atoms with Gasteiger partial charge < -0.3 is 14.8 Å². The molecule has 0 radical (unpaired) electrons. The molecule has 6 heteroatoms. The van der Waals surface area contributed by atoms with Crippen LogP contribution in [0.2, 0.25) is 0 Å². The van der Waals surface area contributed by atoms with E-state index in [9.17, 15) is 14.4 Å². The topological polar surface area (TPSA) is 49.7 Å². The molecule has 0 saturated heterocycles. The van der Waals surface area contributed by atoms with E-state index in [1.165, 1.54) is 23.9 Å². The average molecular weight is 292 g/mol. The van der Waals surface area contributed by atoms with E-state index in [1.54, 1.807) is 31.4 Å². The Morgan fingerprint density at radius 2 is 2.00 bits per heavy atom. The molecular formula is C14H14BFO3S. The van der Waals surface area contributed by atoms with Crippen LogP contribution in [0.25, 0.3) is 0 Å². The third-order valence-corrected chi connectivity index (χ3v) is 3.84. The maximum atomic E-state index is 13.1. The SMILES string of the molecule is COc1ccc(B(O)O)cc1CSc1cccc(F)c1. The Kier molecular flexibility index (Phi) is 5.06. The van der Waals surface area contributed by atoms with E-state index in [-0.39, 0.29) is 5.82 Å². The van der Waals surface area contributed by atoms with Crippen molar-refractivity contribution in [3.8, 4) is 5.75 Å². The smallest absolute Gasteiger partial charge is 0.488 e. The third-order valence-electron chi connectivity index (χ3n) is 2.79. The minimum atomic E-state index is -1.51. The van der Waals surface area contributed by atoms with Gasteiger partial charge >= 0.3 is 7.12 Å². The highest BCUT2D eigenvalue weighted by Gasteiger charge is 2.14. The average Bonchev–Trinajstić information content (AvgIpc) is 2.44. The first-order valence-corrected chi connectivity index (χ1v) is 7.00. The molecule has 20 heavy (non-hydrogen) atoms. The second-order valence-corrected chi connectivity index (χ2v) is 5.24. The van der Waals surface area contributed by atoms with Crippen molar-refractivity contribution in [1.82, 2.24) is 0 Å². The number of ether oxygens (including phenoxy) is 1. The number of thioether (sulfide) groups is 1. The van der Waals surface area contributed by atoms with Crippen LogP contribution in [-0.2, 0) is 5.75 Å². The summed E-state index contributed by atoms with van der Waals surface area (Å²) in [5, 5.41) is 18.4. The molecule has 2 N–H and O–H groups in total. The van der Waals surface area contributed by atoms with E-state index in [4.69, 9.17) is 4.74 Å². The minimum Gasteiger partial charge on any atom is -0.496 e. The highest BCUT2D eigenvalue weighted by Crippen LogP contribution is 2.27. The van der Waals surface area contributed by atoms with Crippen LogP contribution in [0.5, 0.6) is 5.75 Å². The summed E-state index contributed by atoms with van der Waals surface area (Å²) in [6.45, 7) is 0. The van der Waals surface area contributed by atoms with E-state index in [1.807, 2.05) is 6.07 Å². The Bertz CT molecular complexity index is 592. The van der Waals surface area contributed by atoms with E-state index in [2.05, 4.69) is 0 Å². The summed E-state index contributed by atoms with van der Waals surface area (Å²) in [4.78, 5) is 0.807. The fourth-order valence-electron chi connectivity index (χ4n) is 1.79. The van der Waals surface area contributed by atoms with Crippen LogP contribution >= 0.6 is 11.8 Å². The molecule has 3 nitrogen and oxygen atoms in total. The highest BCUT2D eigenvalue weighted by molar-refractivity contribution is 7.98. The Labute approximate surface area is 121 Å². The molecule has 0 spiro atoms. The Morgan fingerprint density at radius 1 is 1.20 bits per heavy atom. The monoisotopic (exact) mass is 292 g/mol. The van der Waals surface area contributed by atoms with Gasteiger partial charge in [0.25, 0.3) is 0 Å². The van der Waals surface area contributed by atoms with Crippen molar-refractivity contribution in [2.24, 2.45) is 0 Å². The summed E-state index contributed by atoms with van der Waals surface area (Å²) >= 11 is 1.45. The lowest BCUT2D eigenvalue weighted by molar-refractivity contribution is 0.410. The van der Waals surface area contributed by atoms with Crippen molar-refractivity contribution in [3.05, 3.63) is 53.8 Å². The second-order valence-electron chi connectivity index (χ2n) is 4.19. The van der Waals surface area contributed by atoms with Crippen molar-refractivity contribution in [3.63, 3.8) is 0 Å². The fourth-order valence-corrected chi connectivity index (χ4v) is 2.71. The van der Waals surface area contributed by atoms with Gasteiger partial charge in [0.05, 0.1) is 7.11 Å². The van der Waals surface area contributed by atoms with Crippen LogP contribution in [0, 0.1) is 5.82 Å². The molecule has 2 aromatic rings. The molecule has 0 aromatic heterocycles. The molecule has 0 amide bonds. The largest absolute Gasteiger partial charge is 0.496 e. The van der Waals surface area contributed by atoms with Gasteiger partial charge in [0.1, 0.15) is 11.6 Å². The first-order chi connectivity index (χ1) is 9.60. The molecule has 2 aromatic carbocycles. The van der Waals surface area contributed by atoms with Gasteiger partial charge in [-0.1, -0.05) is 18.2 Å². The molecule has 0 unspecified atom stereocenters. The van der Waals surface area contributed by atoms with E-state index >= 15 is 0 Å². The molecule has 0 aliphatic carbocycles. The van der Waals surface area contributed by atoms with Gasteiger partial charge in [0.15, 0.2) is 0 Å². The zero-order valence-electron chi connectivity index (χ0n) is 10.9. The van der Waals surface area contributed by atoms with Gasteiger partial charge in [0, 0.05) is 16.2 Å². The Morgan fingerprint density at radius 3 is 2.65 bits per heavy atom. The van der Waals surface area contributed by atoms with Gasteiger partial charge in [-0.2, -0.15) is 0 Å². The third kappa shape index (κ3) is 3.76. The van der Waals surface area contributed by atoms with Crippen LogP contribution in [-0.4, -0.2) is 24.3 Å². The molecule has 0 bridgehead atoms. The number of hydrogen-bond acceptors (Lipinski definition) is 4. The minimum absolute atomic E-state index is 0.276. The maximum absolute atomic E-state index is 13.1. The van der Waals surface area contributed by atoms with Crippen LogP contribution in [0.1, 0.15) is 5.56 Å². The summed E-state index contributed by atoms with van der Waals surface area (Å²) in [7, 11) is 0.0413. The van der Waals surface area contributed by atoms with Crippen LogP contribution in [0.4, 0.5) is 4.39 Å². The fraction of sp³-hybridized carbons (Fsp3) is 0.143. The quantitative estimate of drug-likeness (QED) is 0.652. The predicted molar refractivity (Wildman–Crippen MR) is 78.8 cm³/mol. The Hall–Kier alpha value is -1.50. The summed E-state index contributed by atoms with van der Waals surface area (Å²) in [5.74, 6) is 0.937. The summed E-state index contributed by atoms with van der Waals surface area (Å²) in [5.41, 5.74) is 1.23. The number of benzene rings is 2. The van der Waals surface area contributed by atoms with E-state index in [0.717, 1.165) is 10.5 Å². The van der Waals surface area contributed by atoms with Crippen molar-refractivity contribution in [1.29, 1.82) is 0 Å². The van der Waals surface area contributed by atoms with Gasteiger partial charge in [-0.15, -0.1) is 11.8 Å².